The van der Waals surface area contributed by atoms with Crippen LogP contribution >= 0.6 is 0 Å². The SMILES string of the molecule is CCOC(=O)c1cc2ccc(F)cc2n1CCCCOC. The second kappa shape index (κ2) is 7.22. The van der Waals surface area contributed by atoms with E-state index in [0.717, 1.165) is 23.7 Å². The number of aryl methyl sites for hydroxylation is 1. The summed E-state index contributed by atoms with van der Waals surface area (Å²) in [7, 11) is 1.66. The monoisotopic (exact) mass is 293 g/mol. The number of halogens is 1. The molecular weight excluding hydrogens is 273 g/mol. The fraction of sp³-hybridized carbons (Fsp3) is 0.438. The number of rotatable bonds is 7. The quantitative estimate of drug-likeness (QED) is 0.580. The molecule has 0 aliphatic heterocycles. The van der Waals surface area contributed by atoms with Gasteiger partial charge in [0.05, 0.1) is 12.1 Å². The molecule has 1 aromatic carbocycles. The number of carbonyl (C=O) groups is 1. The number of aromatic nitrogens is 1. The van der Waals surface area contributed by atoms with Gasteiger partial charge in [-0.05, 0) is 44.0 Å². The lowest BCUT2D eigenvalue weighted by atomic mass is 10.2. The Morgan fingerprint density at radius 1 is 1.29 bits per heavy atom. The zero-order valence-electron chi connectivity index (χ0n) is 12.4. The maximum absolute atomic E-state index is 13.5. The van der Waals surface area contributed by atoms with Gasteiger partial charge in [-0.1, -0.05) is 0 Å². The highest BCUT2D eigenvalue weighted by Crippen LogP contribution is 2.22. The van der Waals surface area contributed by atoms with Crippen LogP contribution in [-0.4, -0.2) is 30.9 Å². The van der Waals surface area contributed by atoms with E-state index in [9.17, 15) is 9.18 Å². The maximum atomic E-state index is 13.5. The van der Waals surface area contributed by atoms with Crippen molar-refractivity contribution in [3.8, 4) is 0 Å². The van der Waals surface area contributed by atoms with Gasteiger partial charge in [0, 0.05) is 25.6 Å². The molecule has 0 radical (unpaired) electrons. The van der Waals surface area contributed by atoms with Crippen molar-refractivity contribution in [2.45, 2.75) is 26.3 Å². The summed E-state index contributed by atoms with van der Waals surface area (Å²) in [4.78, 5) is 12.0. The van der Waals surface area contributed by atoms with Crippen molar-refractivity contribution in [3.05, 3.63) is 35.8 Å². The molecule has 2 aromatic rings. The summed E-state index contributed by atoms with van der Waals surface area (Å²) in [6.45, 7) is 3.38. The van der Waals surface area contributed by atoms with Crippen LogP contribution in [0.4, 0.5) is 4.39 Å². The van der Waals surface area contributed by atoms with Gasteiger partial charge in [0.1, 0.15) is 11.5 Å². The third-order valence-corrected chi connectivity index (χ3v) is 3.33. The second-order valence-electron chi connectivity index (χ2n) is 4.80. The Morgan fingerprint density at radius 2 is 2.10 bits per heavy atom. The number of hydrogen-bond donors (Lipinski definition) is 0. The van der Waals surface area contributed by atoms with Crippen LogP contribution in [0, 0.1) is 5.82 Å². The van der Waals surface area contributed by atoms with Gasteiger partial charge in [-0.3, -0.25) is 0 Å². The molecule has 0 amide bonds. The minimum absolute atomic E-state index is 0.311. The fourth-order valence-corrected chi connectivity index (χ4v) is 2.36. The molecule has 0 atom stereocenters. The summed E-state index contributed by atoms with van der Waals surface area (Å²) < 4.78 is 25.4. The van der Waals surface area contributed by atoms with Gasteiger partial charge in [0.15, 0.2) is 0 Å². The average molecular weight is 293 g/mol. The maximum Gasteiger partial charge on any atom is 0.354 e. The molecule has 0 aliphatic rings. The van der Waals surface area contributed by atoms with Crippen molar-refractivity contribution in [3.63, 3.8) is 0 Å². The fourth-order valence-electron chi connectivity index (χ4n) is 2.36. The van der Waals surface area contributed by atoms with Gasteiger partial charge >= 0.3 is 5.97 Å². The Kier molecular flexibility index (Phi) is 5.33. The first-order valence-electron chi connectivity index (χ1n) is 7.12. The minimum atomic E-state index is -0.374. The highest BCUT2D eigenvalue weighted by Gasteiger charge is 2.16. The third-order valence-electron chi connectivity index (χ3n) is 3.33. The number of fused-ring (bicyclic) bond motifs is 1. The van der Waals surface area contributed by atoms with Crippen molar-refractivity contribution >= 4 is 16.9 Å². The van der Waals surface area contributed by atoms with Crippen LogP contribution in [-0.2, 0) is 16.0 Å². The Balaban J connectivity index is 2.33. The molecule has 0 unspecified atom stereocenters. The van der Waals surface area contributed by atoms with E-state index in [1.807, 2.05) is 4.57 Å². The number of ether oxygens (including phenoxy) is 2. The lowest BCUT2D eigenvalue weighted by Crippen LogP contribution is -2.12. The highest BCUT2D eigenvalue weighted by atomic mass is 19.1. The van der Waals surface area contributed by atoms with Gasteiger partial charge in [-0.15, -0.1) is 0 Å². The van der Waals surface area contributed by atoms with E-state index < -0.39 is 0 Å². The second-order valence-corrected chi connectivity index (χ2v) is 4.80. The summed E-state index contributed by atoms with van der Waals surface area (Å²) in [6, 6.07) is 6.28. The first kappa shape index (κ1) is 15.5. The molecule has 0 saturated carbocycles. The molecule has 0 aliphatic carbocycles. The predicted molar refractivity (Wildman–Crippen MR) is 79.0 cm³/mol. The first-order chi connectivity index (χ1) is 10.2. The molecule has 0 bridgehead atoms. The molecule has 0 N–H and O–H groups in total. The molecule has 21 heavy (non-hydrogen) atoms. The van der Waals surface area contributed by atoms with Crippen molar-refractivity contribution in [2.75, 3.05) is 20.3 Å². The van der Waals surface area contributed by atoms with Crippen LogP contribution in [0.3, 0.4) is 0 Å². The summed E-state index contributed by atoms with van der Waals surface area (Å²) in [6.07, 6.45) is 1.73. The largest absolute Gasteiger partial charge is 0.461 e. The van der Waals surface area contributed by atoms with Gasteiger partial charge in [-0.2, -0.15) is 0 Å². The van der Waals surface area contributed by atoms with Gasteiger partial charge in [-0.25, -0.2) is 9.18 Å². The van der Waals surface area contributed by atoms with E-state index in [2.05, 4.69) is 0 Å². The van der Waals surface area contributed by atoms with Gasteiger partial charge in [0.2, 0.25) is 0 Å². The van der Waals surface area contributed by atoms with E-state index >= 15 is 0 Å². The Hall–Kier alpha value is -1.88. The number of unbranched alkanes of at least 4 members (excludes halogenated alkanes) is 1. The number of nitrogens with zero attached hydrogens (tertiary/aromatic N) is 1. The molecule has 0 spiro atoms. The lowest BCUT2D eigenvalue weighted by Gasteiger charge is -2.10. The molecular formula is C16H20FNO3. The third kappa shape index (κ3) is 3.61. The summed E-state index contributed by atoms with van der Waals surface area (Å²) in [5, 5.41) is 0.839. The molecule has 0 saturated heterocycles. The number of methoxy groups -OCH3 is 1. The van der Waals surface area contributed by atoms with E-state index in [1.165, 1.54) is 12.1 Å². The molecule has 0 fully saturated rings. The zero-order chi connectivity index (χ0) is 15.2. The molecule has 1 aromatic heterocycles. The highest BCUT2D eigenvalue weighted by molar-refractivity contribution is 5.95. The van der Waals surface area contributed by atoms with Crippen LogP contribution in [0.1, 0.15) is 30.3 Å². The molecule has 114 valence electrons. The Morgan fingerprint density at radius 3 is 2.81 bits per heavy atom. The number of hydrogen-bond acceptors (Lipinski definition) is 3. The van der Waals surface area contributed by atoms with E-state index in [-0.39, 0.29) is 11.8 Å². The van der Waals surface area contributed by atoms with Crippen LogP contribution in [0.25, 0.3) is 10.9 Å². The van der Waals surface area contributed by atoms with Crippen molar-refractivity contribution < 1.29 is 18.7 Å². The standard InChI is InChI=1S/C16H20FNO3/c1-3-21-16(19)15-10-12-6-7-13(17)11-14(12)18(15)8-4-5-9-20-2/h6-7,10-11H,3-5,8-9H2,1-2H3. The Labute approximate surface area is 123 Å². The topological polar surface area (TPSA) is 40.5 Å². The summed E-state index contributed by atoms with van der Waals surface area (Å²) >= 11 is 0. The number of benzene rings is 1. The van der Waals surface area contributed by atoms with Crippen LogP contribution < -0.4 is 0 Å². The normalized spacial score (nSPS) is 11.0. The van der Waals surface area contributed by atoms with Gasteiger partial charge < -0.3 is 14.0 Å². The molecule has 5 heteroatoms. The van der Waals surface area contributed by atoms with Gasteiger partial charge in [0.25, 0.3) is 0 Å². The number of carbonyl (C=O) groups excluding carboxylic acids is 1. The van der Waals surface area contributed by atoms with Crippen molar-refractivity contribution in [1.82, 2.24) is 4.57 Å². The smallest absolute Gasteiger partial charge is 0.354 e. The van der Waals surface area contributed by atoms with Crippen LogP contribution in [0.5, 0.6) is 0 Å². The van der Waals surface area contributed by atoms with E-state index in [1.54, 1.807) is 26.2 Å². The van der Waals surface area contributed by atoms with Crippen LogP contribution in [0.15, 0.2) is 24.3 Å². The molecule has 1 heterocycles. The summed E-state index contributed by atoms with van der Waals surface area (Å²) in [5.41, 5.74) is 1.19. The first-order valence-corrected chi connectivity index (χ1v) is 7.12. The van der Waals surface area contributed by atoms with Crippen LogP contribution in [0.2, 0.25) is 0 Å². The van der Waals surface area contributed by atoms with Crippen molar-refractivity contribution in [2.24, 2.45) is 0 Å². The van der Waals surface area contributed by atoms with Crippen molar-refractivity contribution in [1.29, 1.82) is 0 Å². The minimum Gasteiger partial charge on any atom is -0.461 e. The lowest BCUT2D eigenvalue weighted by molar-refractivity contribution is 0.0514. The molecule has 2 rings (SSSR count). The average Bonchev–Trinajstić information content (AvgIpc) is 2.82. The zero-order valence-corrected chi connectivity index (χ0v) is 12.4. The van der Waals surface area contributed by atoms with E-state index in [0.29, 0.717) is 25.5 Å². The Bertz CT molecular complexity index is 621. The summed E-state index contributed by atoms with van der Waals surface area (Å²) in [5.74, 6) is -0.685. The molecule has 4 nitrogen and oxygen atoms in total. The van der Waals surface area contributed by atoms with E-state index in [4.69, 9.17) is 9.47 Å². The predicted octanol–water partition coefficient (Wildman–Crippen LogP) is 3.38. The number of esters is 1.